The largest absolute Gasteiger partial charge is 0.311 e. The highest BCUT2D eigenvalue weighted by Gasteiger charge is 2.28. The van der Waals surface area contributed by atoms with Gasteiger partial charge in [0.1, 0.15) is 17.3 Å². The first-order valence-corrected chi connectivity index (χ1v) is 10.2. The van der Waals surface area contributed by atoms with E-state index in [1.807, 2.05) is 12.1 Å². The summed E-state index contributed by atoms with van der Waals surface area (Å²) in [5.41, 5.74) is 4.91. The summed E-state index contributed by atoms with van der Waals surface area (Å²) in [7, 11) is 0. The van der Waals surface area contributed by atoms with Crippen LogP contribution in [0.4, 0.5) is 10.2 Å². The molecule has 6 heteroatoms. The summed E-state index contributed by atoms with van der Waals surface area (Å²) in [6, 6.07) is 10.3. The molecule has 0 bridgehead atoms. The number of benzene rings is 1. The van der Waals surface area contributed by atoms with Crippen LogP contribution >= 0.6 is 0 Å². The van der Waals surface area contributed by atoms with Crippen LogP contribution in [0.5, 0.6) is 0 Å². The normalized spacial score (nSPS) is 17.9. The number of halogens is 1. The van der Waals surface area contributed by atoms with Crippen LogP contribution in [0.1, 0.15) is 31.9 Å². The third-order valence-corrected chi connectivity index (χ3v) is 5.69. The molecule has 5 nitrogen and oxygen atoms in total. The van der Waals surface area contributed by atoms with E-state index >= 15 is 0 Å². The first-order chi connectivity index (χ1) is 14.1. The number of hydrogen-bond donors (Lipinski definition) is 1. The zero-order valence-electron chi connectivity index (χ0n) is 16.4. The Morgan fingerprint density at radius 2 is 2.00 bits per heavy atom. The van der Waals surface area contributed by atoms with E-state index in [2.05, 4.69) is 21.9 Å². The van der Waals surface area contributed by atoms with E-state index in [9.17, 15) is 9.18 Å². The number of amides is 1. The lowest BCUT2D eigenvalue weighted by Crippen LogP contribution is -2.13. The van der Waals surface area contributed by atoms with Crippen LogP contribution in [0.3, 0.4) is 0 Å². The predicted octanol–water partition coefficient (Wildman–Crippen LogP) is 4.68. The van der Waals surface area contributed by atoms with Gasteiger partial charge in [-0.05, 0) is 73.1 Å². The van der Waals surface area contributed by atoms with Crippen molar-refractivity contribution in [3.63, 3.8) is 0 Å². The molecule has 2 aromatic heterocycles. The lowest BCUT2D eigenvalue weighted by atomic mass is 9.97. The Kier molecular flexibility index (Phi) is 4.42. The van der Waals surface area contributed by atoms with Crippen LogP contribution in [0, 0.1) is 17.7 Å². The van der Waals surface area contributed by atoms with Crippen molar-refractivity contribution in [1.29, 1.82) is 0 Å². The molecule has 0 saturated heterocycles. The second-order valence-electron chi connectivity index (χ2n) is 8.29. The van der Waals surface area contributed by atoms with Gasteiger partial charge in [0.2, 0.25) is 5.91 Å². The van der Waals surface area contributed by atoms with Crippen molar-refractivity contribution in [3.05, 3.63) is 54.1 Å². The van der Waals surface area contributed by atoms with Gasteiger partial charge in [-0.15, -0.1) is 0 Å². The molecule has 1 aromatic carbocycles. The Balaban J connectivity index is 1.53. The topological polar surface area (TPSA) is 59.8 Å². The number of carbonyl (C=O) groups excluding carboxylic acids is 1. The quantitative estimate of drug-likeness (QED) is 0.688. The van der Waals surface area contributed by atoms with Gasteiger partial charge < -0.3 is 5.32 Å². The Morgan fingerprint density at radius 1 is 1.21 bits per heavy atom. The molecule has 3 aromatic rings. The van der Waals surface area contributed by atoms with E-state index in [4.69, 9.17) is 5.10 Å². The van der Waals surface area contributed by atoms with Crippen LogP contribution < -0.4 is 5.32 Å². The summed E-state index contributed by atoms with van der Waals surface area (Å²) in [6.07, 6.45) is 5.51. The maximum absolute atomic E-state index is 13.4. The maximum atomic E-state index is 13.4. The number of aromatic nitrogens is 3. The number of hydrogen-bond acceptors (Lipinski definition) is 3. The molecule has 148 valence electrons. The van der Waals surface area contributed by atoms with E-state index in [0.29, 0.717) is 24.1 Å². The molecule has 3 heterocycles. The highest BCUT2D eigenvalue weighted by Crippen LogP contribution is 2.39. The summed E-state index contributed by atoms with van der Waals surface area (Å²) < 4.78 is 15.5. The zero-order chi connectivity index (χ0) is 20.0. The molecule has 1 atom stereocenters. The van der Waals surface area contributed by atoms with Crippen molar-refractivity contribution in [2.75, 3.05) is 5.32 Å². The molecular weight excluding hydrogens is 367 g/mol. The first kappa shape index (κ1) is 18.0. The van der Waals surface area contributed by atoms with Crippen LogP contribution in [-0.4, -0.2) is 20.7 Å². The number of rotatable bonds is 5. The van der Waals surface area contributed by atoms with Crippen molar-refractivity contribution >= 4 is 11.7 Å². The maximum Gasteiger partial charge on any atom is 0.225 e. The molecule has 1 N–H and O–H groups in total. The summed E-state index contributed by atoms with van der Waals surface area (Å²) in [5.74, 6) is 1.37. The number of anilines is 1. The summed E-state index contributed by atoms with van der Waals surface area (Å²) >= 11 is 0. The van der Waals surface area contributed by atoms with Crippen molar-refractivity contribution in [3.8, 4) is 22.4 Å². The van der Waals surface area contributed by atoms with Gasteiger partial charge >= 0.3 is 0 Å². The summed E-state index contributed by atoms with van der Waals surface area (Å²) in [6.45, 7) is 3.09. The van der Waals surface area contributed by atoms with Crippen molar-refractivity contribution in [2.45, 2.75) is 39.2 Å². The fourth-order valence-electron chi connectivity index (χ4n) is 4.09. The van der Waals surface area contributed by atoms with Gasteiger partial charge in [-0.3, -0.25) is 9.48 Å². The molecule has 1 aliphatic heterocycles. The second kappa shape index (κ2) is 7.10. The van der Waals surface area contributed by atoms with Gasteiger partial charge in [-0.1, -0.05) is 6.92 Å². The minimum atomic E-state index is -0.264. The zero-order valence-corrected chi connectivity index (χ0v) is 16.4. The van der Waals surface area contributed by atoms with Gasteiger partial charge in [0, 0.05) is 36.0 Å². The fraction of sp³-hybridized carbons (Fsp3) is 0.348. The van der Waals surface area contributed by atoms with Crippen LogP contribution in [0.15, 0.2) is 42.6 Å². The van der Waals surface area contributed by atoms with E-state index in [1.54, 1.807) is 18.3 Å². The Hall–Kier alpha value is -3.02. The smallest absolute Gasteiger partial charge is 0.225 e. The van der Waals surface area contributed by atoms with Gasteiger partial charge in [0.25, 0.3) is 0 Å². The average Bonchev–Trinajstić information content (AvgIpc) is 3.33. The third-order valence-electron chi connectivity index (χ3n) is 5.69. The molecule has 5 rings (SSSR count). The van der Waals surface area contributed by atoms with Crippen LogP contribution in [-0.2, 0) is 17.8 Å². The monoisotopic (exact) mass is 390 g/mol. The third kappa shape index (κ3) is 3.67. The minimum absolute atomic E-state index is 0.0183. The molecule has 0 radical (unpaired) electrons. The Labute approximate surface area is 169 Å². The fourth-order valence-corrected chi connectivity index (χ4v) is 4.09. The van der Waals surface area contributed by atoms with Gasteiger partial charge in [-0.2, -0.15) is 5.10 Å². The molecule has 1 fully saturated rings. The molecule has 29 heavy (non-hydrogen) atoms. The van der Waals surface area contributed by atoms with E-state index in [-0.39, 0.29) is 11.7 Å². The first-order valence-electron chi connectivity index (χ1n) is 10.2. The standard InChI is InChI=1S/C23H23FN4O/c1-14-10-19-22(23(27-28(19)13-14)16-4-6-18(24)7-5-16)17-8-9-25-20(12-17)26-21(29)11-15-2-3-15/h4-9,12,14-15H,2-3,10-11,13H2,1H3,(H,25,26,29). The van der Waals surface area contributed by atoms with Crippen molar-refractivity contribution < 1.29 is 9.18 Å². The summed E-state index contributed by atoms with van der Waals surface area (Å²) in [5, 5.41) is 7.77. The van der Waals surface area contributed by atoms with E-state index in [0.717, 1.165) is 48.2 Å². The van der Waals surface area contributed by atoms with Gasteiger partial charge in [-0.25, -0.2) is 9.37 Å². The predicted molar refractivity (Wildman–Crippen MR) is 110 cm³/mol. The van der Waals surface area contributed by atoms with Gasteiger partial charge in [0.05, 0.1) is 0 Å². The lowest BCUT2D eigenvalue weighted by molar-refractivity contribution is -0.116. The van der Waals surface area contributed by atoms with E-state index < -0.39 is 0 Å². The Bertz CT molecular complexity index is 1070. The average molecular weight is 390 g/mol. The highest BCUT2D eigenvalue weighted by atomic mass is 19.1. The molecule has 1 aliphatic carbocycles. The van der Waals surface area contributed by atoms with Crippen LogP contribution in [0.25, 0.3) is 22.4 Å². The number of nitrogens with zero attached hydrogens (tertiary/aromatic N) is 3. The molecule has 2 aliphatic rings. The number of pyridine rings is 1. The minimum Gasteiger partial charge on any atom is -0.311 e. The van der Waals surface area contributed by atoms with E-state index in [1.165, 1.54) is 17.8 Å². The molecule has 1 saturated carbocycles. The highest BCUT2D eigenvalue weighted by molar-refractivity contribution is 5.91. The SMILES string of the molecule is CC1Cc2c(-c3ccnc(NC(=O)CC4CC4)c3)c(-c3ccc(F)cc3)nn2C1. The number of fused-ring (bicyclic) bond motifs is 1. The van der Waals surface area contributed by atoms with Gasteiger partial charge in [0.15, 0.2) is 0 Å². The Morgan fingerprint density at radius 3 is 2.76 bits per heavy atom. The molecule has 0 spiro atoms. The molecule has 1 amide bonds. The van der Waals surface area contributed by atoms with Crippen molar-refractivity contribution in [1.82, 2.24) is 14.8 Å². The van der Waals surface area contributed by atoms with Crippen molar-refractivity contribution in [2.24, 2.45) is 11.8 Å². The lowest BCUT2D eigenvalue weighted by Gasteiger charge is -2.09. The number of carbonyl (C=O) groups is 1. The summed E-state index contributed by atoms with van der Waals surface area (Å²) in [4.78, 5) is 16.5. The molecular formula is C23H23FN4O. The van der Waals surface area contributed by atoms with Crippen LogP contribution in [0.2, 0.25) is 0 Å². The second-order valence-corrected chi connectivity index (χ2v) is 8.29. The molecule has 1 unspecified atom stereocenters. The number of nitrogens with one attached hydrogen (secondary N) is 1.